The molecular weight excluding hydrogens is 280 g/mol. The number of ether oxygens (including phenoxy) is 1. The number of aliphatic hydroxyl groups excluding tert-OH is 1. The standard InChI is InChI=1S/C18H28O2S/c1-5-7-10-18(6-2)12-21-16-9-8-15(20-4)13(3)14(16)11-17(18)19/h8-9,17,19H,5-7,10-12H2,1-4H3/t17-,18?/m1/s1. The van der Waals surface area contributed by atoms with Gasteiger partial charge in [-0.3, -0.25) is 0 Å². The highest BCUT2D eigenvalue weighted by Crippen LogP contribution is 2.45. The molecule has 1 aliphatic rings. The Kier molecular flexibility index (Phi) is 5.61. The van der Waals surface area contributed by atoms with Crippen LogP contribution in [0.3, 0.4) is 0 Å². The number of hydrogen-bond donors (Lipinski definition) is 1. The van der Waals surface area contributed by atoms with E-state index in [9.17, 15) is 5.11 Å². The zero-order chi connectivity index (χ0) is 15.5. The number of rotatable bonds is 5. The normalized spacial score (nSPS) is 25.3. The van der Waals surface area contributed by atoms with Gasteiger partial charge in [-0.25, -0.2) is 0 Å². The Labute approximate surface area is 133 Å². The molecule has 0 spiro atoms. The van der Waals surface area contributed by atoms with Gasteiger partial charge in [-0.05, 0) is 43.0 Å². The lowest BCUT2D eigenvalue weighted by Crippen LogP contribution is -2.37. The van der Waals surface area contributed by atoms with Gasteiger partial charge in [0.15, 0.2) is 0 Å². The molecule has 2 rings (SSSR count). The van der Waals surface area contributed by atoms with E-state index < -0.39 is 0 Å². The summed E-state index contributed by atoms with van der Waals surface area (Å²) < 4.78 is 5.44. The molecule has 0 saturated heterocycles. The van der Waals surface area contributed by atoms with Crippen molar-refractivity contribution in [1.29, 1.82) is 0 Å². The first-order valence-electron chi connectivity index (χ1n) is 8.05. The van der Waals surface area contributed by atoms with Crippen LogP contribution in [0.15, 0.2) is 17.0 Å². The van der Waals surface area contributed by atoms with Crippen molar-refractivity contribution < 1.29 is 9.84 Å². The van der Waals surface area contributed by atoms with Crippen LogP contribution in [0.2, 0.25) is 0 Å². The summed E-state index contributed by atoms with van der Waals surface area (Å²) in [6, 6.07) is 4.21. The molecule has 1 N–H and O–H groups in total. The molecule has 1 heterocycles. The molecule has 0 amide bonds. The maximum atomic E-state index is 10.9. The Morgan fingerprint density at radius 3 is 2.76 bits per heavy atom. The second-order valence-corrected chi connectivity index (χ2v) is 7.21. The Bertz CT molecular complexity index is 486. The maximum absolute atomic E-state index is 10.9. The smallest absolute Gasteiger partial charge is 0.122 e. The fourth-order valence-corrected chi connectivity index (χ4v) is 4.89. The van der Waals surface area contributed by atoms with E-state index in [0.29, 0.717) is 0 Å². The first kappa shape index (κ1) is 16.7. The van der Waals surface area contributed by atoms with E-state index in [4.69, 9.17) is 4.74 Å². The van der Waals surface area contributed by atoms with Gasteiger partial charge in [-0.15, -0.1) is 11.8 Å². The molecule has 1 aliphatic heterocycles. The van der Waals surface area contributed by atoms with Crippen LogP contribution in [0, 0.1) is 12.3 Å². The van der Waals surface area contributed by atoms with Crippen molar-refractivity contribution in [3.63, 3.8) is 0 Å². The van der Waals surface area contributed by atoms with E-state index >= 15 is 0 Å². The third-order valence-electron chi connectivity index (χ3n) is 5.08. The molecule has 1 aromatic carbocycles. The minimum atomic E-state index is -0.256. The average molecular weight is 308 g/mol. The van der Waals surface area contributed by atoms with Gasteiger partial charge in [0.05, 0.1) is 13.2 Å². The van der Waals surface area contributed by atoms with Crippen molar-refractivity contribution in [2.45, 2.75) is 63.9 Å². The number of aliphatic hydroxyl groups is 1. The number of fused-ring (bicyclic) bond motifs is 1. The van der Waals surface area contributed by atoms with Crippen LogP contribution in [0.4, 0.5) is 0 Å². The van der Waals surface area contributed by atoms with Crippen LogP contribution in [-0.4, -0.2) is 24.1 Å². The van der Waals surface area contributed by atoms with Gasteiger partial charge in [0.2, 0.25) is 0 Å². The maximum Gasteiger partial charge on any atom is 0.122 e. The molecular formula is C18H28O2S. The fraction of sp³-hybridized carbons (Fsp3) is 0.667. The molecule has 118 valence electrons. The average Bonchev–Trinajstić information content (AvgIpc) is 2.64. The minimum Gasteiger partial charge on any atom is -0.496 e. The molecule has 0 fully saturated rings. The quantitative estimate of drug-likeness (QED) is 0.862. The van der Waals surface area contributed by atoms with E-state index in [1.54, 1.807) is 7.11 Å². The lowest BCUT2D eigenvalue weighted by molar-refractivity contribution is 0.0308. The zero-order valence-corrected chi connectivity index (χ0v) is 14.6. The molecule has 0 aliphatic carbocycles. The van der Waals surface area contributed by atoms with E-state index in [1.165, 1.54) is 28.9 Å². The lowest BCUT2D eigenvalue weighted by Gasteiger charge is -2.36. The molecule has 2 nitrogen and oxygen atoms in total. The number of methoxy groups -OCH3 is 1. The van der Waals surface area contributed by atoms with Gasteiger partial charge in [-0.1, -0.05) is 26.7 Å². The summed E-state index contributed by atoms with van der Waals surface area (Å²) in [5, 5.41) is 10.9. The molecule has 3 heteroatoms. The number of hydrogen-bond acceptors (Lipinski definition) is 3. The summed E-state index contributed by atoms with van der Waals surface area (Å²) in [7, 11) is 1.71. The third kappa shape index (κ3) is 3.24. The predicted octanol–water partition coefficient (Wildman–Crippen LogP) is 4.60. The highest BCUT2D eigenvalue weighted by atomic mass is 32.2. The van der Waals surface area contributed by atoms with Crippen molar-refractivity contribution in [2.24, 2.45) is 5.41 Å². The summed E-state index contributed by atoms with van der Waals surface area (Å²) in [4.78, 5) is 1.32. The van der Waals surface area contributed by atoms with Gasteiger partial charge in [0.1, 0.15) is 5.75 Å². The third-order valence-corrected chi connectivity index (χ3v) is 6.49. The van der Waals surface area contributed by atoms with Crippen LogP contribution >= 0.6 is 11.8 Å². The van der Waals surface area contributed by atoms with Gasteiger partial charge in [0, 0.05) is 22.5 Å². The van der Waals surface area contributed by atoms with E-state index in [0.717, 1.165) is 30.8 Å². The highest BCUT2D eigenvalue weighted by molar-refractivity contribution is 7.99. The monoisotopic (exact) mass is 308 g/mol. The predicted molar refractivity (Wildman–Crippen MR) is 90.4 cm³/mol. The summed E-state index contributed by atoms with van der Waals surface area (Å²) in [5.41, 5.74) is 2.52. The Morgan fingerprint density at radius 1 is 1.38 bits per heavy atom. The topological polar surface area (TPSA) is 29.5 Å². The SMILES string of the molecule is CCCCC1(CC)CSc2ccc(OC)c(C)c2C[C@H]1O. The Balaban J connectivity index is 2.33. The van der Waals surface area contributed by atoms with Crippen molar-refractivity contribution in [3.05, 3.63) is 23.3 Å². The minimum absolute atomic E-state index is 0.0549. The molecule has 0 saturated carbocycles. The molecule has 0 bridgehead atoms. The summed E-state index contributed by atoms with van der Waals surface area (Å²) >= 11 is 1.91. The van der Waals surface area contributed by atoms with E-state index in [2.05, 4.69) is 32.9 Å². The summed E-state index contributed by atoms with van der Waals surface area (Å²) in [6.45, 7) is 6.56. The van der Waals surface area contributed by atoms with Crippen LogP contribution in [0.1, 0.15) is 50.7 Å². The van der Waals surface area contributed by atoms with Gasteiger partial charge in [-0.2, -0.15) is 0 Å². The van der Waals surface area contributed by atoms with Gasteiger partial charge >= 0.3 is 0 Å². The van der Waals surface area contributed by atoms with Crippen LogP contribution in [0.25, 0.3) is 0 Å². The largest absolute Gasteiger partial charge is 0.496 e. The van der Waals surface area contributed by atoms with Crippen molar-refractivity contribution in [3.8, 4) is 5.75 Å². The Hall–Kier alpha value is -0.670. The molecule has 0 radical (unpaired) electrons. The number of unbranched alkanes of at least 4 members (excludes halogenated alkanes) is 1. The number of thioether (sulfide) groups is 1. The molecule has 1 aromatic rings. The van der Waals surface area contributed by atoms with Crippen LogP contribution in [-0.2, 0) is 6.42 Å². The first-order valence-corrected chi connectivity index (χ1v) is 9.04. The van der Waals surface area contributed by atoms with Crippen molar-refractivity contribution in [1.82, 2.24) is 0 Å². The second-order valence-electron chi connectivity index (χ2n) is 6.20. The summed E-state index contributed by atoms with van der Waals surface area (Å²) in [6.07, 6.45) is 5.06. The number of benzene rings is 1. The lowest BCUT2D eigenvalue weighted by atomic mass is 9.75. The molecule has 2 atom stereocenters. The van der Waals surface area contributed by atoms with E-state index in [-0.39, 0.29) is 11.5 Å². The van der Waals surface area contributed by atoms with E-state index in [1.807, 2.05) is 11.8 Å². The molecule has 21 heavy (non-hydrogen) atoms. The van der Waals surface area contributed by atoms with Gasteiger partial charge in [0.25, 0.3) is 0 Å². The van der Waals surface area contributed by atoms with Crippen molar-refractivity contribution in [2.75, 3.05) is 12.9 Å². The highest BCUT2D eigenvalue weighted by Gasteiger charge is 2.38. The zero-order valence-electron chi connectivity index (χ0n) is 13.7. The van der Waals surface area contributed by atoms with Crippen LogP contribution in [0.5, 0.6) is 5.75 Å². The first-order chi connectivity index (χ1) is 10.1. The van der Waals surface area contributed by atoms with Crippen molar-refractivity contribution >= 4 is 11.8 Å². The summed E-state index contributed by atoms with van der Waals surface area (Å²) in [5.74, 6) is 1.95. The van der Waals surface area contributed by atoms with Gasteiger partial charge < -0.3 is 9.84 Å². The second kappa shape index (κ2) is 7.06. The molecule has 1 unspecified atom stereocenters. The van der Waals surface area contributed by atoms with Crippen LogP contribution < -0.4 is 4.74 Å². The molecule has 0 aromatic heterocycles. The Morgan fingerprint density at radius 2 is 2.14 bits per heavy atom. The fourth-order valence-electron chi connectivity index (χ4n) is 3.33.